The minimum atomic E-state index is -0.872. The number of carboxylic acid groups (broad SMARTS) is 1. The Hall–Kier alpha value is -2.31. The summed E-state index contributed by atoms with van der Waals surface area (Å²) in [5.41, 5.74) is -0.315. The van der Waals surface area contributed by atoms with Crippen molar-refractivity contribution >= 4 is 17.7 Å². The Kier molecular flexibility index (Phi) is 4.83. The second-order valence-corrected chi connectivity index (χ2v) is 7.22. The molecule has 2 fully saturated rings. The van der Waals surface area contributed by atoms with Crippen LogP contribution in [-0.4, -0.2) is 54.2 Å². The minimum Gasteiger partial charge on any atom is -0.481 e. The lowest BCUT2D eigenvalue weighted by Crippen LogP contribution is -2.51. The summed E-state index contributed by atoms with van der Waals surface area (Å²) >= 11 is 0. The number of carboxylic acids is 1. The zero-order valence-corrected chi connectivity index (χ0v) is 14.4. The standard InChI is InChI=1S/C18H24FN3O3/c1-18(16(23)24)8-10-22(12-18)17(25)20-13-5-4-9-21(11-13)15-7-3-2-6-14(15)19/h2-3,6-7,13H,4-5,8-12H2,1H3,(H,20,25)(H,23,24). The number of nitrogens with one attached hydrogen (secondary N) is 1. The van der Waals surface area contributed by atoms with Gasteiger partial charge in [-0.05, 0) is 38.3 Å². The zero-order valence-electron chi connectivity index (χ0n) is 14.4. The number of anilines is 1. The lowest BCUT2D eigenvalue weighted by Gasteiger charge is -2.35. The third kappa shape index (κ3) is 3.70. The Labute approximate surface area is 146 Å². The predicted octanol–water partition coefficient (Wildman–Crippen LogP) is 2.30. The van der Waals surface area contributed by atoms with Crippen LogP contribution < -0.4 is 10.2 Å². The van der Waals surface area contributed by atoms with Crippen LogP contribution in [0.5, 0.6) is 0 Å². The van der Waals surface area contributed by atoms with Crippen molar-refractivity contribution in [2.24, 2.45) is 5.41 Å². The maximum Gasteiger partial charge on any atom is 0.317 e. The number of carbonyl (C=O) groups is 2. The molecule has 2 aliphatic rings. The smallest absolute Gasteiger partial charge is 0.317 e. The van der Waals surface area contributed by atoms with Gasteiger partial charge in [-0.1, -0.05) is 12.1 Å². The van der Waals surface area contributed by atoms with E-state index in [0.717, 1.165) is 19.4 Å². The summed E-state index contributed by atoms with van der Waals surface area (Å²) in [5, 5.41) is 12.3. The number of para-hydroxylation sites is 1. The second-order valence-electron chi connectivity index (χ2n) is 7.22. The van der Waals surface area contributed by atoms with Crippen molar-refractivity contribution in [3.63, 3.8) is 0 Å². The molecule has 0 radical (unpaired) electrons. The third-order valence-corrected chi connectivity index (χ3v) is 5.22. The molecule has 3 rings (SSSR count). The molecule has 6 nitrogen and oxygen atoms in total. The van der Waals surface area contributed by atoms with Gasteiger partial charge in [0.15, 0.2) is 0 Å². The molecule has 2 aliphatic heterocycles. The predicted molar refractivity (Wildman–Crippen MR) is 92.1 cm³/mol. The molecule has 1 aromatic carbocycles. The van der Waals surface area contributed by atoms with Gasteiger partial charge in [-0.2, -0.15) is 0 Å². The molecular weight excluding hydrogens is 325 g/mol. The van der Waals surface area contributed by atoms with E-state index < -0.39 is 11.4 Å². The van der Waals surface area contributed by atoms with E-state index >= 15 is 0 Å². The molecule has 2 unspecified atom stereocenters. The molecule has 7 heteroatoms. The van der Waals surface area contributed by atoms with E-state index in [4.69, 9.17) is 0 Å². The molecule has 0 bridgehead atoms. The Morgan fingerprint density at radius 2 is 2.08 bits per heavy atom. The molecule has 0 saturated carbocycles. The number of benzene rings is 1. The van der Waals surface area contributed by atoms with Crippen LogP contribution in [0, 0.1) is 11.2 Å². The van der Waals surface area contributed by atoms with E-state index in [1.54, 1.807) is 30.0 Å². The monoisotopic (exact) mass is 349 g/mol. The molecular formula is C18H24FN3O3. The fourth-order valence-corrected chi connectivity index (χ4v) is 3.60. The second kappa shape index (κ2) is 6.90. The van der Waals surface area contributed by atoms with Crippen molar-refractivity contribution in [2.75, 3.05) is 31.1 Å². The van der Waals surface area contributed by atoms with Crippen molar-refractivity contribution in [1.29, 1.82) is 0 Å². The van der Waals surface area contributed by atoms with Gasteiger partial charge in [-0.3, -0.25) is 4.79 Å². The van der Waals surface area contributed by atoms with Crippen molar-refractivity contribution in [3.8, 4) is 0 Å². The van der Waals surface area contributed by atoms with Gasteiger partial charge in [0, 0.05) is 32.2 Å². The van der Waals surface area contributed by atoms with Crippen LogP contribution in [0.4, 0.5) is 14.9 Å². The molecule has 136 valence electrons. The Bertz CT molecular complexity index is 669. The van der Waals surface area contributed by atoms with Crippen LogP contribution in [0.25, 0.3) is 0 Å². The van der Waals surface area contributed by atoms with Crippen LogP contribution in [0.2, 0.25) is 0 Å². The molecule has 2 N–H and O–H groups in total. The third-order valence-electron chi connectivity index (χ3n) is 5.22. The van der Waals surface area contributed by atoms with Gasteiger partial charge in [0.1, 0.15) is 5.82 Å². The normalized spacial score (nSPS) is 26.6. The summed E-state index contributed by atoms with van der Waals surface area (Å²) in [6.07, 6.45) is 2.16. The Balaban J connectivity index is 1.59. The summed E-state index contributed by atoms with van der Waals surface area (Å²) in [7, 11) is 0. The highest BCUT2D eigenvalue weighted by molar-refractivity contribution is 5.79. The van der Waals surface area contributed by atoms with Gasteiger partial charge in [0.05, 0.1) is 11.1 Å². The number of nitrogens with zero attached hydrogens (tertiary/aromatic N) is 2. The summed E-state index contributed by atoms with van der Waals surface area (Å²) < 4.78 is 14.0. The van der Waals surface area contributed by atoms with Crippen LogP contribution in [-0.2, 0) is 4.79 Å². The van der Waals surface area contributed by atoms with Crippen molar-refractivity contribution < 1.29 is 19.1 Å². The number of urea groups is 1. The summed E-state index contributed by atoms with van der Waals surface area (Å²) in [5.74, 6) is -1.13. The van der Waals surface area contributed by atoms with E-state index in [0.29, 0.717) is 25.2 Å². The number of likely N-dealkylation sites (tertiary alicyclic amines) is 1. The van der Waals surface area contributed by atoms with E-state index in [1.165, 1.54) is 6.07 Å². The first-order valence-electron chi connectivity index (χ1n) is 8.67. The number of amides is 2. The number of piperidine rings is 1. The molecule has 1 aromatic rings. The lowest BCUT2D eigenvalue weighted by atomic mass is 9.90. The number of rotatable bonds is 3. The average molecular weight is 349 g/mol. The lowest BCUT2D eigenvalue weighted by molar-refractivity contribution is -0.147. The Morgan fingerprint density at radius 1 is 1.32 bits per heavy atom. The van der Waals surface area contributed by atoms with Crippen LogP contribution in [0.15, 0.2) is 24.3 Å². The van der Waals surface area contributed by atoms with Crippen LogP contribution >= 0.6 is 0 Å². The first-order valence-corrected chi connectivity index (χ1v) is 8.67. The number of carbonyl (C=O) groups excluding carboxylic acids is 1. The maximum atomic E-state index is 14.0. The number of aliphatic carboxylic acids is 1. The SMILES string of the molecule is CC1(C(=O)O)CCN(C(=O)NC2CCCN(c3ccccc3F)C2)C1. The molecule has 2 saturated heterocycles. The largest absolute Gasteiger partial charge is 0.481 e. The van der Waals surface area contributed by atoms with Crippen molar-refractivity contribution in [1.82, 2.24) is 10.2 Å². The minimum absolute atomic E-state index is 0.0717. The molecule has 0 spiro atoms. The van der Waals surface area contributed by atoms with Crippen molar-refractivity contribution in [2.45, 2.75) is 32.2 Å². The van der Waals surface area contributed by atoms with Gasteiger partial charge in [-0.15, -0.1) is 0 Å². The van der Waals surface area contributed by atoms with Crippen LogP contribution in [0.3, 0.4) is 0 Å². The quantitative estimate of drug-likeness (QED) is 0.878. The number of hydrogen-bond donors (Lipinski definition) is 2. The van der Waals surface area contributed by atoms with E-state index in [9.17, 15) is 19.1 Å². The van der Waals surface area contributed by atoms with Gasteiger partial charge >= 0.3 is 12.0 Å². The maximum absolute atomic E-state index is 14.0. The first-order chi connectivity index (χ1) is 11.9. The molecule has 0 aliphatic carbocycles. The highest BCUT2D eigenvalue weighted by atomic mass is 19.1. The molecule has 25 heavy (non-hydrogen) atoms. The number of hydrogen-bond acceptors (Lipinski definition) is 3. The average Bonchev–Trinajstić information content (AvgIpc) is 3.00. The molecule has 2 amide bonds. The van der Waals surface area contributed by atoms with E-state index in [2.05, 4.69) is 5.32 Å². The van der Waals surface area contributed by atoms with Gasteiger partial charge in [-0.25, -0.2) is 9.18 Å². The summed E-state index contributed by atoms with van der Waals surface area (Å²) in [6.45, 7) is 3.64. The Morgan fingerprint density at radius 3 is 2.76 bits per heavy atom. The topological polar surface area (TPSA) is 72.9 Å². The summed E-state index contributed by atoms with van der Waals surface area (Å²) in [6, 6.07) is 6.35. The highest BCUT2D eigenvalue weighted by Crippen LogP contribution is 2.30. The van der Waals surface area contributed by atoms with Gasteiger partial charge < -0.3 is 20.2 Å². The van der Waals surface area contributed by atoms with E-state index in [1.807, 2.05) is 4.90 Å². The molecule has 2 atom stereocenters. The van der Waals surface area contributed by atoms with Crippen molar-refractivity contribution in [3.05, 3.63) is 30.1 Å². The molecule has 2 heterocycles. The summed E-state index contributed by atoms with van der Waals surface area (Å²) in [4.78, 5) is 27.3. The molecule has 0 aromatic heterocycles. The number of halogens is 1. The van der Waals surface area contributed by atoms with Gasteiger partial charge in [0.2, 0.25) is 0 Å². The highest BCUT2D eigenvalue weighted by Gasteiger charge is 2.42. The van der Waals surface area contributed by atoms with E-state index in [-0.39, 0.29) is 24.4 Å². The fraction of sp³-hybridized carbons (Fsp3) is 0.556. The van der Waals surface area contributed by atoms with Crippen LogP contribution in [0.1, 0.15) is 26.2 Å². The fourth-order valence-electron chi connectivity index (χ4n) is 3.60. The zero-order chi connectivity index (χ0) is 18.0. The first kappa shape index (κ1) is 17.5. The van der Waals surface area contributed by atoms with Gasteiger partial charge in [0.25, 0.3) is 0 Å².